The van der Waals surface area contributed by atoms with Crippen molar-refractivity contribution in [2.24, 2.45) is 0 Å². The first-order valence-corrected chi connectivity index (χ1v) is 6.29. The number of amides is 2. The first-order valence-electron chi connectivity index (χ1n) is 6.29. The van der Waals surface area contributed by atoms with Crippen LogP contribution in [0.25, 0.3) is 0 Å². The van der Waals surface area contributed by atoms with Gasteiger partial charge >= 0.3 is 0 Å². The van der Waals surface area contributed by atoms with E-state index in [-0.39, 0.29) is 17.9 Å². The molecule has 0 aromatic rings. The Hall–Kier alpha value is -1.14. The van der Waals surface area contributed by atoms with E-state index in [0.29, 0.717) is 32.8 Å². The Bertz CT molecular complexity index is 277. The number of hydrogen-bond acceptors (Lipinski definition) is 4. The third-order valence-electron chi connectivity index (χ3n) is 2.91. The summed E-state index contributed by atoms with van der Waals surface area (Å²) in [5, 5.41) is 2.79. The molecule has 18 heavy (non-hydrogen) atoms. The molecule has 1 atom stereocenters. The van der Waals surface area contributed by atoms with Gasteiger partial charge in [-0.05, 0) is 12.8 Å². The lowest BCUT2D eigenvalue weighted by Gasteiger charge is -2.21. The van der Waals surface area contributed by atoms with Gasteiger partial charge in [-0.1, -0.05) is 0 Å². The Kier molecular flexibility index (Phi) is 6.67. The van der Waals surface area contributed by atoms with Crippen molar-refractivity contribution in [2.75, 3.05) is 40.0 Å². The van der Waals surface area contributed by atoms with E-state index < -0.39 is 0 Å². The second-order valence-electron chi connectivity index (χ2n) is 4.29. The van der Waals surface area contributed by atoms with Gasteiger partial charge in [0.25, 0.3) is 0 Å². The second-order valence-corrected chi connectivity index (χ2v) is 4.29. The van der Waals surface area contributed by atoms with E-state index in [0.717, 1.165) is 12.8 Å². The number of carbonyl (C=O) groups is 2. The molecule has 0 bridgehead atoms. The average Bonchev–Trinajstić information content (AvgIpc) is 2.86. The van der Waals surface area contributed by atoms with E-state index in [4.69, 9.17) is 9.47 Å². The van der Waals surface area contributed by atoms with Crippen molar-refractivity contribution in [2.45, 2.75) is 25.9 Å². The Morgan fingerprint density at radius 3 is 2.78 bits per heavy atom. The van der Waals surface area contributed by atoms with Crippen LogP contribution in [0.15, 0.2) is 0 Å². The minimum Gasteiger partial charge on any atom is -0.383 e. The lowest BCUT2D eigenvalue weighted by Crippen LogP contribution is -2.41. The Morgan fingerprint density at radius 2 is 2.22 bits per heavy atom. The maximum atomic E-state index is 11.6. The molecule has 1 N–H and O–H groups in total. The molecule has 1 aliphatic rings. The molecule has 0 spiro atoms. The highest BCUT2D eigenvalue weighted by molar-refractivity contribution is 5.81. The second kappa shape index (κ2) is 8.05. The molecule has 0 radical (unpaired) electrons. The highest BCUT2D eigenvalue weighted by atomic mass is 16.5. The summed E-state index contributed by atoms with van der Waals surface area (Å²) in [6.45, 7) is 4.16. The van der Waals surface area contributed by atoms with E-state index in [9.17, 15) is 9.59 Å². The van der Waals surface area contributed by atoms with E-state index in [2.05, 4.69) is 5.32 Å². The molecule has 104 valence electrons. The monoisotopic (exact) mass is 258 g/mol. The van der Waals surface area contributed by atoms with Gasteiger partial charge in [-0.2, -0.15) is 0 Å². The summed E-state index contributed by atoms with van der Waals surface area (Å²) in [7, 11) is 1.59. The fourth-order valence-corrected chi connectivity index (χ4v) is 1.84. The van der Waals surface area contributed by atoms with Gasteiger partial charge in [-0.3, -0.25) is 9.59 Å². The number of nitrogens with zero attached hydrogens (tertiary/aromatic N) is 1. The summed E-state index contributed by atoms with van der Waals surface area (Å²) in [6, 6.07) is 0. The number of hydrogen-bond donors (Lipinski definition) is 1. The molecule has 1 saturated heterocycles. The molecule has 1 unspecified atom stereocenters. The maximum Gasteiger partial charge on any atom is 0.249 e. The summed E-state index contributed by atoms with van der Waals surface area (Å²) in [6.07, 6.45) is 1.41. The molecular weight excluding hydrogens is 236 g/mol. The molecule has 2 amide bonds. The molecule has 0 aliphatic carbocycles. The number of nitrogens with one attached hydrogen (secondary N) is 1. The van der Waals surface area contributed by atoms with Crippen LogP contribution < -0.4 is 5.32 Å². The van der Waals surface area contributed by atoms with Gasteiger partial charge in [0.2, 0.25) is 11.8 Å². The Labute approximate surface area is 108 Å². The topological polar surface area (TPSA) is 67.9 Å². The van der Waals surface area contributed by atoms with Crippen molar-refractivity contribution in [3.8, 4) is 0 Å². The highest BCUT2D eigenvalue weighted by Crippen LogP contribution is 2.11. The predicted octanol–water partition coefficient (Wildman–Crippen LogP) is -0.223. The molecular formula is C12H22N2O4. The molecule has 0 aromatic heterocycles. The van der Waals surface area contributed by atoms with Crippen LogP contribution in [0.3, 0.4) is 0 Å². The van der Waals surface area contributed by atoms with Crippen LogP contribution >= 0.6 is 0 Å². The zero-order chi connectivity index (χ0) is 13.4. The first kappa shape index (κ1) is 14.9. The standard InChI is InChI=1S/C12H22N2O4/c1-10(15)14(7-9-17-2)6-5-13-12(16)11-4-3-8-18-11/h11H,3-9H2,1-2H3,(H,13,16). The van der Waals surface area contributed by atoms with Gasteiger partial charge in [-0.15, -0.1) is 0 Å². The normalized spacial score (nSPS) is 18.7. The van der Waals surface area contributed by atoms with Gasteiger partial charge in [0.15, 0.2) is 0 Å². The van der Waals surface area contributed by atoms with Crippen LogP contribution in [0.2, 0.25) is 0 Å². The summed E-state index contributed by atoms with van der Waals surface area (Å²) in [5.41, 5.74) is 0. The third kappa shape index (κ3) is 5.01. The van der Waals surface area contributed by atoms with E-state index in [1.165, 1.54) is 6.92 Å². The lowest BCUT2D eigenvalue weighted by molar-refractivity contribution is -0.132. The number of ether oxygens (including phenoxy) is 2. The molecule has 1 heterocycles. The minimum atomic E-state index is -0.310. The van der Waals surface area contributed by atoms with E-state index in [1.807, 2.05) is 0 Å². The highest BCUT2D eigenvalue weighted by Gasteiger charge is 2.23. The van der Waals surface area contributed by atoms with Crippen LogP contribution in [0.4, 0.5) is 0 Å². The number of rotatable bonds is 7. The maximum absolute atomic E-state index is 11.6. The van der Waals surface area contributed by atoms with Gasteiger partial charge in [0.1, 0.15) is 6.10 Å². The van der Waals surface area contributed by atoms with Crippen LogP contribution in [0.5, 0.6) is 0 Å². The van der Waals surface area contributed by atoms with Crippen molar-refractivity contribution in [3.05, 3.63) is 0 Å². The van der Waals surface area contributed by atoms with Crippen LogP contribution in [-0.2, 0) is 19.1 Å². The van der Waals surface area contributed by atoms with E-state index >= 15 is 0 Å². The zero-order valence-corrected chi connectivity index (χ0v) is 11.1. The summed E-state index contributed by atoms with van der Waals surface area (Å²) < 4.78 is 10.2. The Balaban J connectivity index is 2.20. The van der Waals surface area contributed by atoms with Gasteiger partial charge in [-0.25, -0.2) is 0 Å². The van der Waals surface area contributed by atoms with Crippen molar-refractivity contribution in [1.82, 2.24) is 10.2 Å². The molecule has 0 aromatic carbocycles. The largest absolute Gasteiger partial charge is 0.383 e. The molecule has 1 fully saturated rings. The number of carbonyl (C=O) groups excluding carboxylic acids is 2. The summed E-state index contributed by atoms with van der Waals surface area (Å²) in [4.78, 5) is 24.6. The van der Waals surface area contributed by atoms with Crippen molar-refractivity contribution in [1.29, 1.82) is 0 Å². The van der Waals surface area contributed by atoms with Crippen LogP contribution in [0, 0.1) is 0 Å². The quantitative estimate of drug-likeness (QED) is 0.685. The third-order valence-corrected chi connectivity index (χ3v) is 2.91. The molecule has 1 rings (SSSR count). The predicted molar refractivity (Wildman–Crippen MR) is 66.1 cm³/mol. The first-order chi connectivity index (χ1) is 8.65. The van der Waals surface area contributed by atoms with Crippen LogP contribution in [-0.4, -0.2) is 62.8 Å². The molecule has 6 heteroatoms. The van der Waals surface area contributed by atoms with Crippen molar-refractivity contribution < 1.29 is 19.1 Å². The van der Waals surface area contributed by atoms with Gasteiger partial charge < -0.3 is 19.7 Å². The molecule has 6 nitrogen and oxygen atoms in total. The van der Waals surface area contributed by atoms with Crippen LogP contribution in [0.1, 0.15) is 19.8 Å². The molecule has 0 saturated carbocycles. The Morgan fingerprint density at radius 1 is 1.44 bits per heavy atom. The van der Waals surface area contributed by atoms with Crippen molar-refractivity contribution >= 4 is 11.8 Å². The fourth-order valence-electron chi connectivity index (χ4n) is 1.84. The summed E-state index contributed by atoms with van der Waals surface area (Å²) >= 11 is 0. The SMILES string of the molecule is COCCN(CCNC(=O)C1CCCO1)C(C)=O. The molecule has 1 aliphatic heterocycles. The summed E-state index contributed by atoms with van der Waals surface area (Å²) in [5.74, 6) is -0.0961. The van der Waals surface area contributed by atoms with Gasteiger partial charge in [0, 0.05) is 40.3 Å². The smallest absolute Gasteiger partial charge is 0.249 e. The minimum absolute atomic E-state index is 0.0154. The van der Waals surface area contributed by atoms with Gasteiger partial charge in [0.05, 0.1) is 6.61 Å². The number of methoxy groups -OCH3 is 1. The van der Waals surface area contributed by atoms with Crippen molar-refractivity contribution in [3.63, 3.8) is 0 Å². The lowest BCUT2D eigenvalue weighted by atomic mass is 10.2. The van der Waals surface area contributed by atoms with E-state index in [1.54, 1.807) is 12.0 Å². The average molecular weight is 258 g/mol. The fraction of sp³-hybridized carbons (Fsp3) is 0.833. The zero-order valence-electron chi connectivity index (χ0n) is 11.1.